The van der Waals surface area contributed by atoms with Gasteiger partial charge < -0.3 is 9.13 Å². The standard InChI is InChI=1S/C46H38N2/c1-3-9-36(10-4-1)47-42-14-8-7-13-38(42)39-26-31(15-18-43(39)47)32-16-19-44-40(27-32)41-28-33(17-20-45(41)48(44)37-11-5-2-6-12-37)46-34-22-29-21-30(24-34)25-35(46)23-29/h1-20,26-30,34-35,46H,21-25H2. The molecule has 2 aromatic heterocycles. The maximum Gasteiger partial charge on any atom is 0.0541 e. The highest BCUT2D eigenvalue weighted by Gasteiger charge is 2.48. The second-order valence-corrected chi connectivity index (χ2v) is 15.1. The summed E-state index contributed by atoms with van der Waals surface area (Å²) in [5.41, 5.74) is 11.6. The molecular formula is C46H38N2. The van der Waals surface area contributed by atoms with Crippen molar-refractivity contribution in [1.29, 1.82) is 0 Å². The van der Waals surface area contributed by atoms with Gasteiger partial charge >= 0.3 is 0 Å². The normalized spacial score (nSPS) is 23.2. The second-order valence-electron chi connectivity index (χ2n) is 15.1. The van der Waals surface area contributed by atoms with Gasteiger partial charge in [0, 0.05) is 32.9 Å². The summed E-state index contributed by atoms with van der Waals surface area (Å²) in [5.74, 6) is 4.47. The zero-order valence-electron chi connectivity index (χ0n) is 27.1. The summed E-state index contributed by atoms with van der Waals surface area (Å²) in [4.78, 5) is 0. The van der Waals surface area contributed by atoms with E-state index >= 15 is 0 Å². The van der Waals surface area contributed by atoms with Crippen LogP contribution in [-0.2, 0) is 0 Å². The van der Waals surface area contributed by atoms with Gasteiger partial charge in [0.05, 0.1) is 22.1 Å². The molecule has 8 aromatic rings. The number of benzene rings is 6. The molecule has 6 aromatic carbocycles. The van der Waals surface area contributed by atoms with E-state index in [0.29, 0.717) is 0 Å². The van der Waals surface area contributed by atoms with Gasteiger partial charge in [0.1, 0.15) is 0 Å². The van der Waals surface area contributed by atoms with Crippen LogP contribution in [-0.4, -0.2) is 9.13 Å². The van der Waals surface area contributed by atoms with E-state index in [1.807, 2.05) is 0 Å². The predicted octanol–water partition coefficient (Wildman–Crippen LogP) is 12.1. The van der Waals surface area contributed by atoms with E-state index in [2.05, 4.69) is 149 Å². The Labute approximate surface area is 281 Å². The summed E-state index contributed by atoms with van der Waals surface area (Å²) >= 11 is 0. The lowest BCUT2D eigenvalue weighted by Crippen LogP contribution is -2.43. The van der Waals surface area contributed by atoms with Crippen LogP contribution in [0.25, 0.3) is 66.1 Å². The first-order valence-electron chi connectivity index (χ1n) is 18.0. The van der Waals surface area contributed by atoms with Crippen LogP contribution >= 0.6 is 0 Å². The molecule has 12 rings (SSSR count). The Morgan fingerprint density at radius 3 is 1.42 bits per heavy atom. The fourth-order valence-electron chi connectivity index (χ4n) is 10.8. The van der Waals surface area contributed by atoms with Crippen molar-refractivity contribution < 1.29 is 0 Å². The van der Waals surface area contributed by atoms with Crippen LogP contribution in [0.1, 0.15) is 43.6 Å². The Balaban J connectivity index is 1.10. The van der Waals surface area contributed by atoms with Crippen molar-refractivity contribution in [3.63, 3.8) is 0 Å². The van der Waals surface area contributed by atoms with E-state index in [1.54, 1.807) is 5.56 Å². The third-order valence-corrected chi connectivity index (χ3v) is 12.4. The van der Waals surface area contributed by atoms with Gasteiger partial charge in [-0.05, 0) is 145 Å². The second kappa shape index (κ2) is 10.2. The Morgan fingerprint density at radius 2 is 0.833 bits per heavy atom. The maximum atomic E-state index is 2.60. The molecule has 4 aliphatic carbocycles. The molecule has 0 spiro atoms. The highest BCUT2D eigenvalue weighted by atomic mass is 15.0. The van der Waals surface area contributed by atoms with Gasteiger partial charge in [0.25, 0.3) is 0 Å². The molecule has 0 aliphatic heterocycles. The number of aromatic nitrogens is 2. The van der Waals surface area contributed by atoms with Gasteiger partial charge in [-0.25, -0.2) is 0 Å². The molecule has 0 unspecified atom stereocenters. The lowest BCUT2D eigenvalue weighted by atomic mass is 9.51. The minimum absolute atomic E-state index is 0.727. The van der Waals surface area contributed by atoms with Gasteiger partial charge in [-0.1, -0.05) is 72.8 Å². The fraction of sp³-hybridized carbons (Fsp3) is 0.217. The molecular weight excluding hydrogens is 581 g/mol. The Morgan fingerprint density at radius 1 is 0.375 bits per heavy atom. The summed E-state index contributed by atoms with van der Waals surface area (Å²) < 4.78 is 4.88. The fourth-order valence-corrected chi connectivity index (χ4v) is 10.8. The molecule has 48 heavy (non-hydrogen) atoms. The zero-order chi connectivity index (χ0) is 31.3. The van der Waals surface area contributed by atoms with Gasteiger partial charge in [0.2, 0.25) is 0 Å². The minimum atomic E-state index is 0.727. The molecule has 232 valence electrons. The van der Waals surface area contributed by atoms with Crippen LogP contribution in [0.5, 0.6) is 0 Å². The van der Waals surface area contributed by atoms with Crippen molar-refractivity contribution in [3.05, 3.63) is 145 Å². The molecule has 4 aliphatic rings. The quantitative estimate of drug-likeness (QED) is 0.186. The third-order valence-electron chi connectivity index (χ3n) is 12.4. The molecule has 0 amide bonds. The highest BCUT2D eigenvalue weighted by Crippen LogP contribution is 2.60. The van der Waals surface area contributed by atoms with E-state index < -0.39 is 0 Å². The lowest BCUT2D eigenvalue weighted by Gasteiger charge is -2.54. The molecule has 2 heterocycles. The molecule has 4 bridgehead atoms. The van der Waals surface area contributed by atoms with Crippen molar-refractivity contribution in [2.45, 2.75) is 38.0 Å². The van der Waals surface area contributed by atoms with Gasteiger partial charge in [0.15, 0.2) is 0 Å². The van der Waals surface area contributed by atoms with Crippen LogP contribution < -0.4 is 0 Å². The SMILES string of the molecule is c1ccc(-n2c3ccccc3c3cc(-c4ccc5c(c4)c4cc(C6C7CC8CC(C7)CC6C8)ccc4n5-c4ccccc4)ccc32)cc1. The number of hydrogen-bond donors (Lipinski definition) is 0. The first kappa shape index (κ1) is 26.9. The van der Waals surface area contributed by atoms with Crippen molar-refractivity contribution in [1.82, 2.24) is 9.13 Å². The van der Waals surface area contributed by atoms with Crippen LogP contribution in [0.3, 0.4) is 0 Å². The number of fused-ring (bicyclic) bond motifs is 6. The topological polar surface area (TPSA) is 9.86 Å². The van der Waals surface area contributed by atoms with Crippen LogP contribution in [0.15, 0.2) is 140 Å². The molecule has 0 atom stereocenters. The Bertz CT molecular complexity index is 2490. The van der Waals surface area contributed by atoms with Crippen molar-refractivity contribution in [3.8, 4) is 22.5 Å². The zero-order valence-corrected chi connectivity index (χ0v) is 27.1. The maximum absolute atomic E-state index is 2.60. The van der Waals surface area contributed by atoms with Crippen molar-refractivity contribution in [2.24, 2.45) is 23.7 Å². The molecule has 4 saturated carbocycles. The number of hydrogen-bond acceptors (Lipinski definition) is 0. The van der Waals surface area contributed by atoms with Gasteiger partial charge in [-0.15, -0.1) is 0 Å². The van der Waals surface area contributed by atoms with Gasteiger partial charge in [-0.3, -0.25) is 0 Å². The van der Waals surface area contributed by atoms with Gasteiger partial charge in [-0.2, -0.15) is 0 Å². The summed E-state index contributed by atoms with van der Waals surface area (Å²) in [6.45, 7) is 0. The molecule has 2 nitrogen and oxygen atoms in total. The first-order chi connectivity index (χ1) is 23.8. The summed E-state index contributed by atoms with van der Waals surface area (Å²) in [7, 11) is 0. The van der Waals surface area contributed by atoms with E-state index in [9.17, 15) is 0 Å². The number of rotatable bonds is 4. The number of para-hydroxylation sites is 3. The largest absolute Gasteiger partial charge is 0.309 e. The van der Waals surface area contributed by atoms with E-state index in [1.165, 1.54) is 98.2 Å². The number of nitrogens with zero attached hydrogens (tertiary/aromatic N) is 2. The van der Waals surface area contributed by atoms with E-state index in [4.69, 9.17) is 0 Å². The average molecular weight is 619 g/mol. The summed E-state index contributed by atoms with van der Waals surface area (Å²) in [6.07, 6.45) is 7.32. The van der Waals surface area contributed by atoms with Crippen molar-refractivity contribution >= 4 is 43.6 Å². The Kier molecular flexibility index (Phi) is 5.73. The minimum Gasteiger partial charge on any atom is -0.309 e. The summed E-state index contributed by atoms with van der Waals surface area (Å²) in [6, 6.07) is 52.2. The summed E-state index contributed by atoms with van der Waals surface area (Å²) in [5, 5.41) is 5.33. The average Bonchev–Trinajstić information content (AvgIpc) is 3.64. The molecule has 0 saturated heterocycles. The molecule has 4 fully saturated rings. The Hall–Kier alpha value is -5.08. The van der Waals surface area contributed by atoms with Crippen LogP contribution in [0.2, 0.25) is 0 Å². The van der Waals surface area contributed by atoms with Crippen LogP contribution in [0, 0.1) is 23.7 Å². The first-order valence-corrected chi connectivity index (χ1v) is 18.0. The predicted molar refractivity (Wildman–Crippen MR) is 200 cm³/mol. The van der Waals surface area contributed by atoms with E-state index in [-0.39, 0.29) is 0 Å². The lowest BCUT2D eigenvalue weighted by molar-refractivity contribution is -0.00273. The van der Waals surface area contributed by atoms with Crippen molar-refractivity contribution in [2.75, 3.05) is 0 Å². The molecule has 0 N–H and O–H groups in total. The van der Waals surface area contributed by atoms with Crippen LogP contribution in [0.4, 0.5) is 0 Å². The highest BCUT2D eigenvalue weighted by molar-refractivity contribution is 6.12. The van der Waals surface area contributed by atoms with E-state index in [0.717, 1.165) is 29.6 Å². The smallest absolute Gasteiger partial charge is 0.0541 e. The third kappa shape index (κ3) is 3.92. The molecule has 2 heteroatoms. The monoisotopic (exact) mass is 618 g/mol. The molecule has 0 radical (unpaired) electrons.